The van der Waals surface area contributed by atoms with E-state index in [0.717, 1.165) is 16.9 Å². The molecule has 0 bridgehead atoms. The first-order valence-corrected chi connectivity index (χ1v) is 9.42. The molecular weight excluding hydrogens is 384 g/mol. The number of ether oxygens (including phenoxy) is 3. The molecule has 1 heterocycles. The average molecular weight is 409 g/mol. The normalized spacial score (nSPS) is 27.6. The van der Waals surface area contributed by atoms with Crippen LogP contribution in [-0.2, 0) is 15.9 Å². The minimum atomic E-state index is -1.33. The van der Waals surface area contributed by atoms with Gasteiger partial charge in [0, 0.05) is 12.1 Å². The smallest absolute Gasteiger partial charge is 0.118 e. The van der Waals surface area contributed by atoms with E-state index in [2.05, 4.69) is 0 Å². The van der Waals surface area contributed by atoms with E-state index in [-0.39, 0.29) is 6.61 Å². The van der Waals surface area contributed by atoms with Gasteiger partial charge in [0.25, 0.3) is 0 Å². The molecular formula is C21H25ClO6. The van der Waals surface area contributed by atoms with E-state index < -0.39 is 30.5 Å². The van der Waals surface area contributed by atoms with Crippen LogP contribution < -0.4 is 4.74 Å². The zero-order chi connectivity index (χ0) is 20.3. The Morgan fingerprint density at radius 1 is 0.964 bits per heavy atom. The second kappa shape index (κ2) is 9.22. The highest BCUT2D eigenvalue weighted by atomic mass is 35.5. The molecule has 0 amide bonds. The summed E-state index contributed by atoms with van der Waals surface area (Å²) >= 11 is 6.37. The van der Waals surface area contributed by atoms with Crippen LogP contribution in [0, 0.1) is 0 Å². The van der Waals surface area contributed by atoms with Crippen LogP contribution in [0.25, 0.3) is 0 Å². The third-order valence-electron chi connectivity index (χ3n) is 5.00. The molecule has 0 aliphatic carbocycles. The number of methoxy groups -OCH3 is 2. The van der Waals surface area contributed by atoms with Gasteiger partial charge in [0.1, 0.15) is 36.3 Å². The quantitative estimate of drug-likeness (QED) is 0.678. The van der Waals surface area contributed by atoms with Gasteiger partial charge in [0.05, 0.1) is 13.7 Å². The lowest BCUT2D eigenvalue weighted by molar-refractivity contribution is -0.233. The number of aliphatic hydroxyl groups is 3. The molecule has 6 nitrogen and oxygen atoms in total. The topological polar surface area (TPSA) is 88.4 Å². The summed E-state index contributed by atoms with van der Waals surface area (Å²) in [5.41, 5.74) is 2.59. The molecule has 3 N–H and O–H groups in total. The van der Waals surface area contributed by atoms with Gasteiger partial charge in [-0.1, -0.05) is 35.9 Å². The first kappa shape index (κ1) is 21.0. The van der Waals surface area contributed by atoms with Crippen LogP contribution in [0.1, 0.15) is 22.8 Å². The number of hydrogen-bond donors (Lipinski definition) is 3. The summed E-state index contributed by atoms with van der Waals surface area (Å²) in [5, 5.41) is 31.3. The van der Waals surface area contributed by atoms with E-state index in [1.807, 2.05) is 30.3 Å². The summed E-state index contributed by atoms with van der Waals surface area (Å²) in [6, 6.07) is 13.0. The van der Waals surface area contributed by atoms with Crippen molar-refractivity contribution in [3.05, 3.63) is 64.2 Å². The predicted molar refractivity (Wildman–Crippen MR) is 105 cm³/mol. The van der Waals surface area contributed by atoms with Crippen molar-refractivity contribution in [2.24, 2.45) is 0 Å². The molecule has 152 valence electrons. The Labute approximate surface area is 169 Å². The number of benzene rings is 2. The summed E-state index contributed by atoms with van der Waals surface area (Å²) in [4.78, 5) is 0. The van der Waals surface area contributed by atoms with Gasteiger partial charge >= 0.3 is 0 Å². The van der Waals surface area contributed by atoms with Crippen molar-refractivity contribution in [1.82, 2.24) is 0 Å². The Balaban J connectivity index is 1.84. The first-order valence-electron chi connectivity index (χ1n) is 9.04. The summed E-state index contributed by atoms with van der Waals surface area (Å²) in [6.45, 7) is 0.105. The average Bonchev–Trinajstić information content (AvgIpc) is 2.71. The molecule has 7 heteroatoms. The molecule has 0 aromatic heterocycles. The second-order valence-electron chi connectivity index (χ2n) is 6.90. The van der Waals surface area contributed by atoms with Gasteiger partial charge in [-0.25, -0.2) is 0 Å². The van der Waals surface area contributed by atoms with Crippen LogP contribution in [-0.4, -0.2) is 60.6 Å². The lowest BCUT2D eigenvalue weighted by Gasteiger charge is -2.40. The maximum absolute atomic E-state index is 10.4. The van der Waals surface area contributed by atoms with Crippen molar-refractivity contribution < 1.29 is 29.5 Å². The van der Waals surface area contributed by atoms with E-state index >= 15 is 0 Å². The van der Waals surface area contributed by atoms with E-state index in [9.17, 15) is 15.3 Å². The minimum Gasteiger partial charge on any atom is -0.497 e. The standard InChI is InChI=1S/C21H25ClO6/c1-26-11-17-18(23)19(24)20(25)21(28-17)13-5-8-16(22)14(10-13)9-12-3-6-15(27-2)7-4-12/h3-8,10,17-21,23-25H,9,11H2,1-2H3/t17-,18-,19+,20-,21+/m1/s1. The van der Waals surface area contributed by atoms with Gasteiger partial charge in [-0.05, 0) is 41.3 Å². The van der Waals surface area contributed by atoms with Gasteiger partial charge in [0.15, 0.2) is 0 Å². The lowest BCUT2D eigenvalue weighted by atomic mass is 9.90. The largest absolute Gasteiger partial charge is 0.497 e. The van der Waals surface area contributed by atoms with Gasteiger partial charge in [-0.3, -0.25) is 0 Å². The molecule has 0 saturated carbocycles. The zero-order valence-electron chi connectivity index (χ0n) is 15.8. The molecule has 0 radical (unpaired) electrons. The van der Waals surface area contributed by atoms with Crippen molar-refractivity contribution >= 4 is 11.6 Å². The van der Waals surface area contributed by atoms with E-state index in [1.165, 1.54) is 7.11 Å². The van der Waals surface area contributed by atoms with Gasteiger partial charge in [-0.2, -0.15) is 0 Å². The van der Waals surface area contributed by atoms with E-state index in [1.54, 1.807) is 19.2 Å². The Morgan fingerprint density at radius 3 is 2.32 bits per heavy atom. The maximum atomic E-state index is 10.4. The van der Waals surface area contributed by atoms with Gasteiger partial charge in [0.2, 0.25) is 0 Å². The third-order valence-corrected chi connectivity index (χ3v) is 5.36. The fourth-order valence-corrected chi connectivity index (χ4v) is 3.58. The highest BCUT2D eigenvalue weighted by Gasteiger charge is 2.44. The minimum absolute atomic E-state index is 0.105. The number of halogens is 1. The summed E-state index contributed by atoms with van der Waals surface area (Å²) in [7, 11) is 3.10. The van der Waals surface area contributed by atoms with Crippen molar-refractivity contribution in [3.8, 4) is 5.75 Å². The van der Waals surface area contributed by atoms with Crippen molar-refractivity contribution in [2.75, 3.05) is 20.8 Å². The highest BCUT2D eigenvalue weighted by Crippen LogP contribution is 2.34. The Hall–Kier alpha value is -1.67. The van der Waals surface area contributed by atoms with Crippen LogP contribution in [0.15, 0.2) is 42.5 Å². The fourth-order valence-electron chi connectivity index (χ4n) is 3.40. The molecule has 2 aromatic carbocycles. The highest BCUT2D eigenvalue weighted by molar-refractivity contribution is 6.31. The van der Waals surface area contributed by atoms with E-state index in [4.69, 9.17) is 25.8 Å². The van der Waals surface area contributed by atoms with Gasteiger partial charge < -0.3 is 29.5 Å². The summed E-state index contributed by atoms with van der Waals surface area (Å²) < 4.78 is 16.1. The van der Waals surface area contributed by atoms with Gasteiger partial charge in [-0.15, -0.1) is 0 Å². The van der Waals surface area contributed by atoms with Crippen molar-refractivity contribution in [3.63, 3.8) is 0 Å². The maximum Gasteiger partial charge on any atom is 0.118 e. The number of aliphatic hydroxyl groups excluding tert-OH is 3. The summed E-state index contributed by atoms with van der Waals surface area (Å²) in [5.74, 6) is 0.777. The molecule has 2 aromatic rings. The second-order valence-corrected chi connectivity index (χ2v) is 7.31. The van der Waals surface area contributed by atoms with E-state index in [0.29, 0.717) is 17.0 Å². The van der Waals surface area contributed by atoms with Crippen LogP contribution in [0.4, 0.5) is 0 Å². The SMILES string of the molecule is COC[C@H]1O[C@@H](c2ccc(Cl)c(Cc3ccc(OC)cc3)c2)[C@H](O)[C@@H](O)[C@@H]1O. The number of hydrogen-bond acceptors (Lipinski definition) is 6. The predicted octanol–water partition coefficient (Wildman–Crippen LogP) is 2.11. The molecule has 0 unspecified atom stereocenters. The Kier molecular flexibility index (Phi) is 6.93. The van der Waals surface area contributed by atoms with Crippen LogP contribution in [0.5, 0.6) is 5.75 Å². The molecule has 1 aliphatic rings. The monoisotopic (exact) mass is 408 g/mol. The van der Waals surface area contributed by atoms with Crippen molar-refractivity contribution in [2.45, 2.75) is 36.9 Å². The molecule has 1 fully saturated rings. The van der Waals surface area contributed by atoms with Crippen LogP contribution in [0.2, 0.25) is 5.02 Å². The molecule has 3 rings (SSSR count). The zero-order valence-corrected chi connectivity index (χ0v) is 16.5. The fraction of sp³-hybridized carbons (Fsp3) is 0.429. The van der Waals surface area contributed by atoms with Crippen molar-refractivity contribution in [1.29, 1.82) is 0 Å². The molecule has 1 aliphatic heterocycles. The number of rotatable bonds is 6. The Morgan fingerprint density at radius 2 is 1.68 bits per heavy atom. The first-order chi connectivity index (χ1) is 13.4. The lowest BCUT2D eigenvalue weighted by Crippen LogP contribution is -2.55. The van der Waals surface area contributed by atoms with Crippen LogP contribution >= 0.6 is 11.6 Å². The summed E-state index contributed by atoms with van der Waals surface area (Å²) in [6.07, 6.45) is -4.78. The molecule has 0 spiro atoms. The molecule has 28 heavy (non-hydrogen) atoms. The third kappa shape index (κ3) is 4.49. The molecule has 1 saturated heterocycles. The van der Waals surface area contributed by atoms with Crippen LogP contribution in [0.3, 0.4) is 0 Å². The molecule has 5 atom stereocenters. The Bertz CT molecular complexity index is 781.